The van der Waals surface area contributed by atoms with E-state index >= 15 is 0 Å². The van der Waals surface area contributed by atoms with E-state index < -0.39 is 0 Å². The van der Waals surface area contributed by atoms with Crippen LogP contribution in [0.5, 0.6) is 0 Å². The van der Waals surface area contributed by atoms with E-state index in [9.17, 15) is 4.79 Å². The molecule has 102 valence electrons. The Morgan fingerprint density at radius 2 is 1.90 bits per heavy atom. The van der Waals surface area contributed by atoms with Crippen molar-refractivity contribution < 1.29 is 4.79 Å². The molecule has 1 amide bonds. The monoisotopic (exact) mass is 267 g/mol. The fraction of sp³-hybridized carbons (Fsp3) is 0.250. The van der Waals surface area contributed by atoms with Crippen LogP contribution >= 0.6 is 0 Å². The molecule has 1 aromatic carbocycles. The molecular formula is C16H17N3O. The second kappa shape index (κ2) is 5.74. The van der Waals surface area contributed by atoms with Gasteiger partial charge in [-0.25, -0.2) is 0 Å². The smallest absolute Gasteiger partial charge is 0.227 e. The van der Waals surface area contributed by atoms with Gasteiger partial charge < -0.3 is 10.6 Å². The lowest BCUT2D eigenvalue weighted by molar-refractivity contribution is -0.117. The number of rotatable bonds is 5. The van der Waals surface area contributed by atoms with Crippen LogP contribution in [-0.4, -0.2) is 10.9 Å². The van der Waals surface area contributed by atoms with Crippen LogP contribution in [0.3, 0.4) is 0 Å². The van der Waals surface area contributed by atoms with Gasteiger partial charge in [0.25, 0.3) is 0 Å². The number of carbonyl (C=O) groups excluding carboxylic acids is 1. The SMILES string of the molecule is O=C(Nc1cccc(NCc2ccncc2)c1)C1CC1. The van der Waals surface area contributed by atoms with Gasteiger partial charge in [0.1, 0.15) is 0 Å². The van der Waals surface area contributed by atoms with Gasteiger partial charge in [-0.2, -0.15) is 0 Å². The number of benzene rings is 1. The van der Waals surface area contributed by atoms with E-state index in [2.05, 4.69) is 15.6 Å². The number of nitrogens with one attached hydrogen (secondary N) is 2. The number of aromatic nitrogens is 1. The van der Waals surface area contributed by atoms with Gasteiger partial charge in [-0.15, -0.1) is 0 Å². The number of amides is 1. The topological polar surface area (TPSA) is 54.0 Å². The summed E-state index contributed by atoms with van der Waals surface area (Å²) >= 11 is 0. The maximum absolute atomic E-state index is 11.7. The number of hydrogen-bond acceptors (Lipinski definition) is 3. The van der Waals surface area contributed by atoms with Crippen molar-refractivity contribution in [3.63, 3.8) is 0 Å². The van der Waals surface area contributed by atoms with Gasteiger partial charge in [-0.3, -0.25) is 9.78 Å². The van der Waals surface area contributed by atoms with Crippen molar-refractivity contribution >= 4 is 17.3 Å². The number of carbonyl (C=O) groups is 1. The molecular weight excluding hydrogens is 250 g/mol. The van der Waals surface area contributed by atoms with Gasteiger partial charge in [-0.05, 0) is 48.7 Å². The Labute approximate surface area is 118 Å². The first-order chi connectivity index (χ1) is 9.81. The first-order valence-corrected chi connectivity index (χ1v) is 6.85. The van der Waals surface area contributed by atoms with Crippen LogP contribution in [0.15, 0.2) is 48.8 Å². The van der Waals surface area contributed by atoms with Crippen molar-refractivity contribution in [1.29, 1.82) is 0 Å². The molecule has 1 fully saturated rings. The summed E-state index contributed by atoms with van der Waals surface area (Å²) in [6, 6.07) is 11.8. The zero-order valence-corrected chi connectivity index (χ0v) is 11.2. The summed E-state index contributed by atoms with van der Waals surface area (Å²) in [5.74, 6) is 0.361. The van der Waals surface area contributed by atoms with Gasteiger partial charge >= 0.3 is 0 Å². The van der Waals surface area contributed by atoms with E-state index in [4.69, 9.17) is 0 Å². The van der Waals surface area contributed by atoms with Crippen LogP contribution in [0.1, 0.15) is 18.4 Å². The molecule has 20 heavy (non-hydrogen) atoms. The van der Waals surface area contributed by atoms with Gasteiger partial charge in [0, 0.05) is 36.2 Å². The van der Waals surface area contributed by atoms with Crippen molar-refractivity contribution in [2.24, 2.45) is 5.92 Å². The Morgan fingerprint density at radius 3 is 2.65 bits per heavy atom. The highest BCUT2D eigenvalue weighted by Gasteiger charge is 2.29. The maximum Gasteiger partial charge on any atom is 0.227 e. The second-order valence-corrected chi connectivity index (χ2v) is 5.05. The van der Waals surface area contributed by atoms with Crippen LogP contribution in [0.2, 0.25) is 0 Å². The molecule has 0 aliphatic heterocycles. The minimum atomic E-state index is 0.135. The lowest BCUT2D eigenvalue weighted by Crippen LogP contribution is -2.13. The van der Waals surface area contributed by atoms with Crippen LogP contribution < -0.4 is 10.6 Å². The van der Waals surface area contributed by atoms with Crippen molar-refractivity contribution in [1.82, 2.24) is 4.98 Å². The molecule has 2 N–H and O–H groups in total. The third-order valence-electron chi connectivity index (χ3n) is 3.32. The predicted octanol–water partition coefficient (Wildman–Crippen LogP) is 3.04. The zero-order chi connectivity index (χ0) is 13.8. The lowest BCUT2D eigenvalue weighted by Gasteiger charge is -2.09. The first kappa shape index (κ1) is 12.7. The molecule has 0 bridgehead atoms. The molecule has 1 aliphatic rings. The minimum absolute atomic E-state index is 0.135. The summed E-state index contributed by atoms with van der Waals surface area (Å²) in [5, 5.41) is 6.29. The van der Waals surface area contributed by atoms with Crippen LogP contribution in [-0.2, 0) is 11.3 Å². The summed E-state index contributed by atoms with van der Waals surface area (Å²) in [6.07, 6.45) is 5.60. The molecule has 0 radical (unpaired) electrons. The summed E-state index contributed by atoms with van der Waals surface area (Å²) in [7, 11) is 0. The molecule has 3 rings (SSSR count). The molecule has 0 saturated heterocycles. The van der Waals surface area contributed by atoms with E-state index in [0.717, 1.165) is 30.8 Å². The summed E-state index contributed by atoms with van der Waals surface area (Å²) < 4.78 is 0. The average Bonchev–Trinajstić information content (AvgIpc) is 3.31. The quantitative estimate of drug-likeness (QED) is 0.875. The van der Waals surface area contributed by atoms with Crippen molar-refractivity contribution in [3.05, 3.63) is 54.4 Å². The maximum atomic E-state index is 11.7. The number of anilines is 2. The molecule has 1 aromatic heterocycles. The average molecular weight is 267 g/mol. The highest BCUT2D eigenvalue weighted by atomic mass is 16.2. The molecule has 2 aromatic rings. The number of pyridine rings is 1. The van der Waals surface area contributed by atoms with E-state index in [1.165, 1.54) is 5.56 Å². The number of nitrogens with zero attached hydrogens (tertiary/aromatic N) is 1. The summed E-state index contributed by atoms with van der Waals surface area (Å²) in [4.78, 5) is 15.7. The molecule has 4 nitrogen and oxygen atoms in total. The highest BCUT2D eigenvalue weighted by Crippen LogP contribution is 2.30. The molecule has 4 heteroatoms. The third-order valence-corrected chi connectivity index (χ3v) is 3.32. The molecule has 0 unspecified atom stereocenters. The summed E-state index contributed by atoms with van der Waals surface area (Å²) in [5.41, 5.74) is 3.02. The van der Waals surface area contributed by atoms with Gasteiger partial charge in [0.05, 0.1) is 0 Å². The molecule has 1 aliphatic carbocycles. The van der Waals surface area contributed by atoms with Gasteiger partial charge in [0.15, 0.2) is 0 Å². The first-order valence-electron chi connectivity index (χ1n) is 6.85. The second-order valence-electron chi connectivity index (χ2n) is 5.05. The Bertz CT molecular complexity index is 594. The standard InChI is InChI=1S/C16H17N3O/c20-16(13-4-5-13)19-15-3-1-2-14(10-15)18-11-12-6-8-17-9-7-12/h1-3,6-10,13,18H,4-5,11H2,(H,19,20). The Hall–Kier alpha value is -2.36. The fourth-order valence-corrected chi connectivity index (χ4v) is 2.00. The molecule has 0 spiro atoms. The van der Waals surface area contributed by atoms with Crippen molar-refractivity contribution in [3.8, 4) is 0 Å². The van der Waals surface area contributed by atoms with E-state index in [-0.39, 0.29) is 11.8 Å². The predicted molar refractivity (Wildman–Crippen MR) is 79.4 cm³/mol. The Balaban J connectivity index is 1.60. The van der Waals surface area contributed by atoms with Gasteiger partial charge in [0.2, 0.25) is 5.91 Å². The van der Waals surface area contributed by atoms with Crippen molar-refractivity contribution in [2.45, 2.75) is 19.4 Å². The Kier molecular flexibility index (Phi) is 3.63. The van der Waals surface area contributed by atoms with E-state index in [1.807, 2.05) is 36.4 Å². The molecule has 1 saturated carbocycles. The Morgan fingerprint density at radius 1 is 1.15 bits per heavy atom. The highest BCUT2D eigenvalue weighted by molar-refractivity contribution is 5.94. The largest absolute Gasteiger partial charge is 0.381 e. The number of hydrogen-bond donors (Lipinski definition) is 2. The minimum Gasteiger partial charge on any atom is -0.381 e. The zero-order valence-electron chi connectivity index (χ0n) is 11.2. The molecule has 1 heterocycles. The third kappa shape index (κ3) is 3.35. The van der Waals surface area contributed by atoms with Gasteiger partial charge in [-0.1, -0.05) is 6.07 Å². The lowest BCUT2D eigenvalue weighted by atomic mass is 10.2. The summed E-state index contributed by atoms with van der Waals surface area (Å²) in [6.45, 7) is 0.739. The van der Waals surface area contributed by atoms with Crippen molar-refractivity contribution in [2.75, 3.05) is 10.6 Å². The van der Waals surface area contributed by atoms with Crippen LogP contribution in [0.4, 0.5) is 11.4 Å². The van der Waals surface area contributed by atoms with Crippen LogP contribution in [0.25, 0.3) is 0 Å². The fourth-order valence-electron chi connectivity index (χ4n) is 2.00. The normalized spacial score (nSPS) is 13.8. The van der Waals surface area contributed by atoms with Crippen LogP contribution in [0, 0.1) is 5.92 Å². The van der Waals surface area contributed by atoms with E-state index in [1.54, 1.807) is 12.4 Å². The van der Waals surface area contributed by atoms with E-state index in [0.29, 0.717) is 0 Å². The molecule has 0 atom stereocenters.